The number of benzene rings is 2. The molecule has 25 heavy (non-hydrogen) atoms. The maximum atomic E-state index is 12.5. The molecule has 0 bridgehead atoms. The van der Waals surface area contributed by atoms with E-state index in [2.05, 4.69) is 24.5 Å². The van der Waals surface area contributed by atoms with Gasteiger partial charge in [0.1, 0.15) is 5.75 Å². The molecular weight excluding hydrogens is 330 g/mol. The number of fused-ring (bicyclic) bond motifs is 1. The molecule has 2 aromatic carbocycles. The normalized spacial score (nSPS) is 14.0. The van der Waals surface area contributed by atoms with Crippen LogP contribution in [0.3, 0.4) is 0 Å². The Labute approximate surface area is 151 Å². The second kappa shape index (κ2) is 6.60. The molecule has 0 aliphatic heterocycles. The van der Waals surface area contributed by atoms with Crippen molar-refractivity contribution in [3.63, 3.8) is 0 Å². The molecule has 0 saturated heterocycles. The lowest BCUT2D eigenvalue weighted by Gasteiger charge is -2.15. The molecular formula is C21H21NO2S. The minimum absolute atomic E-state index is 0.0285. The summed E-state index contributed by atoms with van der Waals surface area (Å²) in [5.74, 6) is 1.60. The highest BCUT2D eigenvalue weighted by molar-refractivity contribution is 7.98. The summed E-state index contributed by atoms with van der Waals surface area (Å²) in [5, 5.41) is 1.71. The van der Waals surface area contributed by atoms with Gasteiger partial charge in [-0.25, -0.2) is 0 Å². The Hall–Kier alpha value is -2.20. The lowest BCUT2D eigenvalue weighted by atomic mass is 10.00. The summed E-state index contributed by atoms with van der Waals surface area (Å²) in [6, 6.07) is 14.1. The van der Waals surface area contributed by atoms with Gasteiger partial charge in [-0.15, -0.1) is 11.8 Å². The molecule has 1 aromatic heterocycles. The van der Waals surface area contributed by atoms with Crippen molar-refractivity contribution in [1.29, 1.82) is 0 Å². The first kappa shape index (κ1) is 16.3. The maximum Gasteiger partial charge on any atom is 0.258 e. The summed E-state index contributed by atoms with van der Waals surface area (Å²) in [5.41, 5.74) is 2.12. The van der Waals surface area contributed by atoms with Gasteiger partial charge in [-0.1, -0.05) is 18.2 Å². The van der Waals surface area contributed by atoms with Gasteiger partial charge in [0.25, 0.3) is 5.56 Å². The monoisotopic (exact) mass is 351 g/mol. The SMILES string of the molecule is CSc1ccc(OCC2CC2)c(-c2cn(C)c(=O)c3ccccc23)c1. The van der Waals surface area contributed by atoms with Crippen LogP contribution >= 0.6 is 11.8 Å². The largest absolute Gasteiger partial charge is 0.493 e. The van der Waals surface area contributed by atoms with E-state index in [0.29, 0.717) is 5.92 Å². The number of hydrogen-bond donors (Lipinski definition) is 0. The van der Waals surface area contributed by atoms with E-state index in [0.717, 1.165) is 34.3 Å². The zero-order valence-corrected chi connectivity index (χ0v) is 15.3. The average Bonchev–Trinajstić information content (AvgIpc) is 3.47. The topological polar surface area (TPSA) is 31.2 Å². The Balaban J connectivity index is 1.92. The Bertz CT molecular complexity index is 989. The van der Waals surface area contributed by atoms with Gasteiger partial charge in [-0.2, -0.15) is 0 Å². The van der Waals surface area contributed by atoms with E-state index < -0.39 is 0 Å². The van der Waals surface area contributed by atoms with Crippen molar-refractivity contribution in [2.75, 3.05) is 12.9 Å². The molecule has 0 spiro atoms. The second-order valence-corrected chi connectivity index (χ2v) is 7.50. The van der Waals surface area contributed by atoms with Gasteiger partial charge in [0, 0.05) is 34.7 Å². The van der Waals surface area contributed by atoms with Crippen LogP contribution in [0.25, 0.3) is 21.9 Å². The van der Waals surface area contributed by atoms with Crippen LogP contribution in [0.5, 0.6) is 5.75 Å². The molecule has 1 saturated carbocycles. The van der Waals surface area contributed by atoms with E-state index >= 15 is 0 Å². The molecule has 1 heterocycles. The number of aromatic nitrogens is 1. The number of hydrogen-bond acceptors (Lipinski definition) is 3. The molecule has 1 fully saturated rings. The Morgan fingerprint density at radius 2 is 1.88 bits per heavy atom. The first-order valence-electron chi connectivity index (χ1n) is 8.57. The molecule has 128 valence electrons. The summed E-state index contributed by atoms with van der Waals surface area (Å²) in [7, 11) is 1.81. The summed E-state index contributed by atoms with van der Waals surface area (Å²) in [6.07, 6.45) is 6.53. The van der Waals surface area contributed by atoms with Gasteiger partial charge in [-0.05, 0) is 54.7 Å². The number of thioether (sulfide) groups is 1. The molecule has 0 atom stereocenters. The van der Waals surface area contributed by atoms with Crippen molar-refractivity contribution in [3.05, 3.63) is 59.0 Å². The van der Waals surface area contributed by atoms with Crippen LogP contribution in [-0.4, -0.2) is 17.4 Å². The van der Waals surface area contributed by atoms with E-state index in [1.54, 1.807) is 23.4 Å². The highest BCUT2D eigenvalue weighted by Crippen LogP contribution is 2.38. The second-order valence-electron chi connectivity index (χ2n) is 6.62. The number of ether oxygens (including phenoxy) is 1. The molecule has 0 unspecified atom stereocenters. The molecule has 1 aliphatic carbocycles. The fourth-order valence-corrected chi connectivity index (χ4v) is 3.54. The summed E-state index contributed by atoms with van der Waals surface area (Å²) >= 11 is 1.71. The van der Waals surface area contributed by atoms with Crippen LogP contribution in [0.4, 0.5) is 0 Å². The lowest BCUT2D eigenvalue weighted by Crippen LogP contribution is -2.16. The van der Waals surface area contributed by atoms with Crippen molar-refractivity contribution in [2.24, 2.45) is 13.0 Å². The van der Waals surface area contributed by atoms with Crippen LogP contribution in [0, 0.1) is 5.92 Å². The van der Waals surface area contributed by atoms with Gasteiger partial charge in [-0.3, -0.25) is 4.79 Å². The van der Waals surface area contributed by atoms with Gasteiger partial charge in [0.15, 0.2) is 0 Å². The quantitative estimate of drug-likeness (QED) is 0.624. The highest BCUT2D eigenvalue weighted by Gasteiger charge is 2.23. The Morgan fingerprint density at radius 3 is 2.60 bits per heavy atom. The molecule has 0 amide bonds. The van der Waals surface area contributed by atoms with Crippen LogP contribution in [-0.2, 0) is 7.05 Å². The van der Waals surface area contributed by atoms with Gasteiger partial charge in [0.05, 0.1) is 6.61 Å². The van der Waals surface area contributed by atoms with E-state index in [1.165, 1.54) is 17.7 Å². The first-order valence-corrected chi connectivity index (χ1v) is 9.79. The standard InChI is InChI=1S/C21H21NO2S/c1-22-12-19(16-5-3-4-6-17(16)21(22)23)18-11-15(25-2)9-10-20(18)24-13-14-7-8-14/h3-6,9-12,14H,7-8,13H2,1-2H3. The number of aryl methyl sites for hydroxylation is 1. The van der Waals surface area contributed by atoms with Crippen LogP contribution < -0.4 is 10.3 Å². The fourth-order valence-electron chi connectivity index (χ4n) is 3.10. The molecule has 4 heteroatoms. The number of pyridine rings is 1. The van der Waals surface area contributed by atoms with Crippen molar-refractivity contribution in [3.8, 4) is 16.9 Å². The van der Waals surface area contributed by atoms with Crippen molar-refractivity contribution >= 4 is 22.5 Å². The maximum absolute atomic E-state index is 12.5. The lowest BCUT2D eigenvalue weighted by molar-refractivity contribution is 0.301. The third-order valence-corrected chi connectivity index (χ3v) is 5.46. The van der Waals surface area contributed by atoms with Gasteiger partial charge < -0.3 is 9.30 Å². The number of nitrogens with zero attached hydrogens (tertiary/aromatic N) is 1. The van der Waals surface area contributed by atoms with E-state index in [4.69, 9.17) is 4.74 Å². The molecule has 0 N–H and O–H groups in total. The molecule has 0 radical (unpaired) electrons. The first-order chi connectivity index (χ1) is 12.2. The minimum Gasteiger partial charge on any atom is -0.493 e. The number of rotatable bonds is 5. The van der Waals surface area contributed by atoms with Crippen LogP contribution in [0.15, 0.2) is 58.4 Å². The van der Waals surface area contributed by atoms with E-state index in [9.17, 15) is 4.79 Å². The summed E-state index contributed by atoms with van der Waals surface area (Å²) in [6.45, 7) is 0.773. The molecule has 4 rings (SSSR count). The minimum atomic E-state index is 0.0285. The van der Waals surface area contributed by atoms with Crippen LogP contribution in [0.2, 0.25) is 0 Å². The smallest absolute Gasteiger partial charge is 0.258 e. The van der Waals surface area contributed by atoms with Gasteiger partial charge in [0.2, 0.25) is 0 Å². The predicted molar refractivity (Wildman–Crippen MR) is 105 cm³/mol. The van der Waals surface area contributed by atoms with Crippen molar-refractivity contribution in [2.45, 2.75) is 17.7 Å². The molecule has 3 aromatic rings. The summed E-state index contributed by atoms with van der Waals surface area (Å²) < 4.78 is 7.80. The third-order valence-electron chi connectivity index (χ3n) is 4.74. The Morgan fingerprint density at radius 1 is 1.12 bits per heavy atom. The van der Waals surface area contributed by atoms with Crippen molar-refractivity contribution in [1.82, 2.24) is 4.57 Å². The van der Waals surface area contributed by atoms with Crippen LogP contribution in [0.1, 0.15) is 12.8 Å². The Kier molecular flexibility index (Phi) is 4.30. The molecule has 1 aliphatic rings. The average molecular weight is 351 g/mol. The fraction of sp³-hybridized carbons (Fsp3) is 0.286. The molecule has 3 nitrogen and oxygen atoms in total. The van der Waals surface area contributed by atoms with Crippen molar-refractivity contribution < 1.29 is 4.74 Å². The summed E-state index contributed by atoms with van der Waals surface area (Å²) in [4.78, 5) is 13.7. The zero-order chi connectivity index (χ0) is 17.4. The third kappa shape index (κ3) is 3.19. The van der Waals surface area contributed by atoms with E-state index in [1.807, 2.05) is 30.5 Å². The highest BCUT2D eigenvalue weighted by atomic mass is 32.2. The van der Waals surface area contributed by atoms with E-state index in [-0.39, 0.29) is 5.56 Å². The van der Waals surface area contributed by atoms with Gasteiger partial charge >= 0.3 is 0 Å². The zero-order valence-electron chi connectivity index (χ0n) is 14.5. The predicted octanol–water partition coefficient (Wildman–Crippen LogP) is 4.72.